The van der Waals surface area contributed by atoms with Crippen LogP contribution in [-0.4, -0.2) is 29.0 Å². The van der Waals surface area contributed by atoms with Crippen molar-refractivity contribution in [3.8, 4) is 0 Å². The third-order valence-electron chi connectivity index (χ3n) is 5.42. The lowest BCUT2D eigenvalue weighted by atomic mass is 10.00. The molecule has 0 spiro atoms. The van der Waals surface area contributed by atoms with E-state index in [1.165, 1.54) is 0 Å². The number of hydrogen-bond donors (Lipinski definition) is 0. The highest BCUT2D eigenvalue weighted by Gasteiger charge is 2.22. The Morgan fingerprint density at radius 2 is 1.66 bits per heavy atom. The van der Waals surface area contributed by atoms with E-state index in [0.717, 1.165) is 43.1 Å². The van der Waals surface area contributed by atoms with Gasteiger partial charge in [-0.15, -0.1) is 0 Å². The quantitative estimate of drug-likeness (QED) is 0.645. The van der Waals surface area contributed by atoms with Gasteiger partial charge in [-0.05, 0) is 42.5 Å². The van der Waals surface area contributed by atoms with Gasteiger partial charge in [0.25, 0.3) is 5.91 Å². The van der Waals surface area contributed by atoms with Crippen molar-refractivity contribution in [2.75, 3.05) is 22.9 Å². The molecule has 2 heterocycles. The Hall–Kier alpha value is -3.21. The van der Waals surface area contributed by atoms with E-state index in [1.807, 2.05) is 60.7 Å². The maximum Gasteiger partial charge on any atom is 0.277 e. The number of rotatable bonds is 5. The van der Waals surface area contributed by atoms with Gasteiger partial charge >= 0.3 is 0 Å². The van der Waals surface area contributed by atoms with Gasteiger partial charge in [-0.3, -0.25) is 4.79 Å². The number of benzene rings is 2. The highest BCUT2D eigenvalue weighted by Crippen LogP contribution is 2.22. The monoisotopic (exact) mass is 386 g/mol. The van der Waals surface area contributed by atoms with Crippen molar-refractivity contribution in [3.63, 3.8) is 0 Å². The van der Waals surface area contributed by atoms with Crippen molar-refractivity contribution in [2.45, 2.75) is 26.3 Å². The van der Waals surface area contributed by atoms with Crippen LogP contribution in [0.5, 0.6) is 0 Å². The summed E-state index contributed by atoms with van der Waals surface area (Å²) in [7, 11) is 0. The maximum absolute atomic E-state index is 13.5. The van der Waals surface area contributed by atoms with Gasteiger partial charge in [-0.2, -0.15) is 0 Å². The fraction of sp³-hybridized carbons (Fsp3) is 0.292. The number of piperidine rings is 1. The minimum atomic E-state index is -0.117. The molecule has 2 aromatic carbocycles. The molecule has 0 N–H and O–H groups in total. The zero-order valence-corrected chi connectivity index (χ0v) is 16.7. The van der Waals surface area contributed by atoms with Crippen LogP contribution in [0.2, 0.25) is 0 Å². The molecule has 5 nitrogen and oxygen atoms in total. The second-order valence-corrected chi connectivity index (χ2v) is 7.62. The summed E-state index contributed by atoms with van der Waals surface area (Å²) in [6, 6.07) is 21.5. The zero-order valence-electron chi connectivity index (χ0n) is 16.7. The van der Waals surface area contributed by atoms with Crippen molar-refractivity contribution >= 4 is 17.5 Å². The molecule has 1 amide bonds. The largest absolute Gasteiger partial charge is 0.341 e. The predicted molar refractivity (Wildman–Crippen MR) is 116 cm³/mol. The number of hydrogen-bond acceptors (Lipinski definition) is 4. The lowest BCUT2D eigenvalue weighted by Crippen LogP contribution is -2.35. The molecule has 5 heteroatoms. The molecular formula is C24H26N4O. The number of nitrogens with zero attached hydrogens (tertiary/aromatic N) is 4. The lowest BCUT2D eigenvalue weighted by molar-refractivity contribution is 0.0980. The molecule has 1 aromatic heterocycles. The van der Waals surface area contributed by atoms with Crippen LogP contribution in [0, 0.1) is 5.92 Å². The first-order valence-electron chi connectivity index (χ1n) is 10.2. The summed E-state index contributed by atoms with van der Waals surface area (Å²) in [6.07, 6.45) is 3.96. The number of carbonyl (C=O) groups is 1. The number of anilines is 2. The average Bonchev–Trinajstić information content (AvgIpc) is 2.79. The van der Waals surface area contributed by atoms with Crippen molar-refractivity contribution in [1.29, 1.82) is 0 Å². The van der Waals surface area contributed by atoms with Crippen LogP contribution >= 0.6 is 0 Å². The van der Waals surface area contributed by atoms with Gasteiger partial charge in [-0.1, -0.05) is 55.5 Å². The Bertz CT molecular complexity index is 937. The van der Waals surface area contributed by atoms with E-state index < -0.39 is 0 Å². The van der Waals surface area contributed by atoms with Crippen LogP contribution < -0.4 is 9.80 Å². The van der Waals surface area contributed by atoms with Crippen LogP contribution in [0.4, 0.5) is 11.6 Å². The molecule has 0 saturated carbocycles. The molecule has 148 valence electrons. The van der Waals surface area contributed by atoms with E-state index in [2.05, 4.69) is 21.8 Å². The molecule has 0 atom stereocenters. The summed E-state index contributed by atoms with van der Waals surface area (Å²) in [4.78, 5) is 26.5. The number of aromatic nitrogens is 2. The number of para-hydroxylation sites is 1. The second kappa shape index (κ2) is 8.86. The van der Waals surface area contributed by atoms with Gasteiger partial charge < -0.3 is 9.80 Å². The van der Waals surface area contributed by atoms with E-state index in [0.29, 0.717) is 18.2 Å². The van der Waals surface area contributed by atoms with Gasteiger partial charge in [0.15, 0.2) is 0 Å². The van der Waals surface area contributed by atoms with Gasteiger partial charge in [0.1, 0.15) is 5.69 Å². The topological polar surface area (TPSA) is 49.3 Å². The zero-order chi connectivity index (χ0) is 20.1. The number of carbonyl (C=O) groups excluding carboxylic acids is 1. The Labute approximate surface area is 172 Å². The third-order valence-corrected chi connectivity index (χ3v) is 5.42. The van der Waals surface area contributed by atoms with Crippen LogP contribution in [0.15, 0.2) is 72.9 Å². The maximum atomic E-state index is 13.5. The second-order valence-electron chi connectivity index (χ2n) is 7.62. The molecule has 1 aliphatic rings. The molecule has 0 unspecified atom stereocenters. The van der Waals surface area contributed by atoms with E-state index >= 15 is 0 Å². The van der Waals surface area contributed by atoms with Crippen molar-refractivity contribution < 1.29 is 4.79 Å². The molecule has 1 saturated heterocycles. The van der Waals surface area contributed by atoms with Crippen LogP contribution in [0.25, 0.3) is 0 Å². The smallest absolute Gasteiger partial charge is 0.277 e. The first-order chi connectivity index (χ1) is 14.2. The fourth-order valence-corrected chi connectivity index (χ4v) is 3.62. The summed E-state index contributed by atoms with van der Waals surface area (Å²) in [5.41, 5.74) is 2.35. The molecule has 0 bridgehead atoms. The SMILES string of the molecule is CC1CCN(c2nccc(C(=O)N(Cc3ccccc3)c3ccccc3)n2)CC1. The average molecular weight is 386 g/mol. The highest BCUT2D eigenvalue weighted by molar-refractivity contribution is 6.04. The van der Waals surface area contributed by atoms with Gasteiger partial charge in [0.05, 0.1) is 6.54 Å². The van der Waals surface area contributed by atoms with E-state index in [4.69, 9.17) is 0 Å². The Morgan fingerprint density at radius 3 is 2.34 bits per heavy atom. The van der Waals surface area contributed by atoms with Gasteiger partial charge in [0.2, 0.25) is 5.95 Å². The molecule has 0 radical (unpaired) electrons. The number of amides is 1. The van der Waals surface area contributed by atoms with E-state index in [9.17, 15) is 4.79 Å². The first kappa shape index (κ1) is 19.1. The third kappa shape index (κ3) is 4.62. The molecule has 29 heavy (non-hydrogen) atoms. The first-order valence-corrected chi connectivity index (χ1v) is 10.2. The summed E-state index contributed by atoms with van der Waals surface area (Å²) >= 11 is 0. The van der Waals surface area contributed by atoms with Gasteiger partial charge in [0, 0.05) is 25.0 Å². The normalized spacial score (nSPS) is 14.6. The highest BCUT2D eigenvalue weighted by atomic mass is 16.2. The summed E-state index contributed by atoms with van der Waals surface area (Å²) in [5, 5.41) is 0. The summed E-state index contributed by atoms with van der Waals surface area (Å²) < 4.78 is 0. The molecule has 1 fully saturated rings. The Kier molecular flexibility index (Phi) is 5.84. The summed E-state index contributed by atoms with van der Waals surface area (Å²) in [6.45, 7) is 4.64. The van der Waals surface area contributed by atoms with Gasteiger partial charge in [-0.25, -0.2) is 9.97 Å². The van der Waals surface area contributed by atoms with Crippen LogP contribution in [0.1, 0.15) is 35.8 Å². The molecule has 3 aromatic rings. The Morgan fingerprint density at radius 1 is 1.00 bits per heavy atom. The van der Waals surface area contributed by atoms with Crippen molar-refractivity contribution in [3.05, 3.63) is 84.2 Å². The Balaban J connectivity index is 1.61. The molecule has 1 aliphatic heterocycles. The van der Waals surface area contributed by atoms with Crippen LogP contribution in [-0.2, 0) is 6.54 Å². The minimum Gasteiger partial charge on any atom is -0.341 e. The standard InChI is InChI=1S/C24H26N4O/c1-19-13-16-27(17-14-19)24-25-15-12-22(26-24)23(29)28(21-10-6-3-7-11-21)18-20-8-4-2-5-9-20/h2-12,15,19H,13-14,16-18H2,1H3. The minimum absolute atomic E-state index is 0.117. The van der Waals surface area contributed by atoms with E-state index in [-0.39, 0.29) is 5.91 Å². The molecular weight excluding hydrogens is 360 g/mol. The summed E-state index contributed by atoms with van der Waals surface area (Å²) in [5.74, 6) is 1.26. The fourth-order valence-electron chi connectivity index (χ4n) is 3.62. The molecule has 0 aliphatic carbocycles. The van der Waals surface area contributed by atoms with Crippen molar-refractivity contribution in [2.24, 2.45) is 5.92 Å². The van der Waals surface area contributed by atoms with E-state index in [1.54, 1.807) is 17.2 Å². The predicted octanol–water partition coefficient (Wildman–Crippen LogP) is 4.56. The lowest BCUT2D eigenvalue weighted by Gasteiger charge is -2.30. The van der Waals surface area contributed by atoms with Crippen LogP contribution in [0.3, 0.4) is 0 Å². The molecule has 4 rings (SSSR count). The van der Waals surface area contributed by atoms with Crippen molar-refractivity contribution in [1.82, 2.24) is 9.97 Å².